The van der Waals surface area contributed by atoms with Crippen molar-refractivity contribution < 1.29 is 24.2 Å². The van der Waals surface area contributed by atoms with Crippen LogP contribution >= 0.6 is 11.3 Å². The fraction of sp³-hybridized carbons (Fsp3) is 0.343. The van der Waals surface area contributed by atoms with Crippen molar-refractivity contribution in [1.29, 1.82) is 0 Å². The third-order valence-corrected chi connectivity index (χ3v) is 8.17. The summed E-state index contributed by atoms with van der Waals surface area (Å²) in [6, 6.07) is 22.2. The minimum Gasteiger partial charge on any atom is -0.493 e. The van der Waals surface area contributed by atoms with Gasteiger partial charge in [0.05, 0.1) is 30.9 Å². The van der Waals surface area contributed by atoms with Crippen molar-refractivity contribution in [2.75, 3.05) is 25.5 Å². The molecule has 0 spiro atoms. The van der Waals surface area contributed by atoms with Crippen LogP contribution in [0.2, 0.25) is 0 Å². The molecular weight excluding hydrogens is 574 g/mol. The van der Waals surface area contributed by atoms with Crippen LogP contribution in [0.25, 0.3) is 11.3 Å². The number of anilines is 1. The number of thiazole rings is 1. The van der Waals surface area contributed by atoms with Crippen LogP contribution in [0.4, 0.5) is 5.69 Å². The topological polar surface area (TPSA) is 110 Å². The van der Waals surface area contributed by atoms with Gasteiger partial charge in [0.1, 0.15) is 6.61 Å². The third kappa shape index (κ3) is 9.39. The fourth-order valence-corrected chi connectivity index (χ4v) is 5.96. The number of para-hydroxylation sites is 1. The first-order valence-electron chi connectivity index (χ1n) is 15.0. The lowest BCUT2D eigenvalue weighted by Gasteiger charge is -2.16. The van der Waals surface area contributed by atoms with E-state index in [4.69, 9.17) is 19.6 Å². The standard InChI is InChI=1S/C35H41N3O5S/c1-4-8-25(9-5-2)26-14-12-24(13-15-26)22-43-31-17-16-28(18-32(31)42-3)30-23-44-34(38-30)19-27-10-6-7-11-29(27)37-33(39)20-36-21-35(40)41/h6-7,10-18,23,25,36H,4-5,8-9,19-22H2,1-3H3,(H,37,39)(H,40,41). The van der Waals surface area contributed by atoms with E-state index in [2.05, 4.69) is 48.7 Å². The highest BCUT2D eigenvalue weighted by Gasteiger charge is 2.14. The highest BCUT2D eigenvalue weighted by Crippen LogP contribution is 2.34. The molecule has 3 aromatic carbocycles. The van der Waals surface area contributed by atoms with E-state index in [1.165, 1.54) is 31.2 Å². The number of carbonyl (C=O) groups excluding carboxylic acids is 1. The van der Waals surface area contributed by atoms with Crippen molar-refractivity contribution >= 4 is 28.9 Å². The Bertz CT molecular complexity index is 1510. The van der Waals surface area contributed by atoms with E-state index in [1.54, 1.807) is 18.4 Å². The number of nitrogens with one attached hydrogen (secondary N) is 2. The van der Waals surface area contributed by atoms with Crippen molar-refractivity contribution in [3.05, 3.63) is 93.8 Å². The highest BCUT2D eigenvalue weighted by atomic mass is 32.1. The average molecular weight is 616 g/mol. The summed E-state index contributed by atoms with van der Waals surface area (Å²) in [5.41, 5.74) is 5.86. The molecule has 0 fully saturated rings. The first kappa shape index (κ1) is 32.7. The van der Waals surface area contributed by atoms with E-state index in [1.807, 2.05) is 47.8 Å². The van der Waals surface area contributed by atoms with E-state index < -0.39 is 5.97 Å². The second-order valence-corrected chi connectivity index (χ2v) is 11.6. The van der Waals surface area contributed by atoms with E-state index in [0.29, 0.717) is 36.1 Å². The van der Waals surface area contributed by atoms with Crippen LogP contribution in [0.3, 0.4) is 0 Å². The zero-order valence-corrected chi connectivity index (χ0v) is 26.4. The van der Waals surface area contributed by atoms with Crippen LogP contribution in [0.1, 0.15) is 67.1 Å². The van der Waals surface area contributed by atoms with E-state index >= 15 is 0 Å². The Hall–Kier alpha value is -4.21. The first-order chi connectivity index (χ1) is 21.4. The summed E-state index contributed by atoms with van der Waals surface area (Å²) < 4.78 is 11.8. The number of carboxylic acids is 1. The molecule has 3 N–H and O–H groups in total. The van der Waals surface area contributed by atoms with Gasteiger partial charge in [0.2, 0.25) is 5.91 Å². The van der Waals surface area contributed by atoms with Gasteiger partial charge in [-0.1, -0.05) is 69.2 Å². The Labute approximate surface area is 263 Å². The number of hydrogen-bond acceptors (Lipinski definition) is 7. The molecule has 0 unspecified atom stereocenters. The summed E-state index contributed by atoms with van der Waals surface area (Å²) in [7, 11) is 1.64. The highest BCUT2D eigenvalue weighted by molar-refractivity contribution is 7.10. The Balaban J connectivity index is 1.39. The second-order valence-electron chi connectivity index (χ2n) is 10.7. The molecule has 0 bridgehead atoms. The SMILES string of the molecule is CCCC(CCC)c1ccc(COc2ccc(-c3csc(Cc4ccccc4NC(=O)CNCC(=O)O)n3)cc2OC)cc1. The molecule has 8 nitrogen and oxygen atoms in total. The van der Waals surface area contributed by atoms with Gasteiger partial charge in [-0.15, -0.1) is 11.3 Å². The number of benzene rings is 3. The molecule has 4 aromatic rings. The Morgan fingerprint density at radius 1 is 0.955 bits per heavy atom. The fourth-order valence-electron chi connectivity index (χ4n) is 5.13. The summed E-state index contributed by atoms with van der Waals surface area (Å²) in [5.74, 6) is 0.616. The maximum Gasteiger partial charge on any atom is 0.317 e. The predicted molar refractivity (Wildman–Crippen MR) is 176 cm³/mol. The Kier molecular flexibility index (Phi) is 12.3. The number of methoxy groups -OCH3 is 1. The van der Waals surface area contributed by atoms with Gasteiger partial charge in [0.15, 0.2) is 11.5 Å². The summed E-state index contributed by atoms with van der Waals surface area (Å²) in [4.78, 5) is 27.8. The smallest absolute Gasteiger partial charge is 0.317 e. The summed E-state index contributed by atoms with van der Waals surface area (Å²) >= 11 is 1.54. The number of hydrogen-bond donors (Lipinski definition) is 3. The summed E-state index contributed by atoms with van der Waals surface area (Å²) in [6.45, 7) is 4.58. The molecule has 0 atom stereocenters. The lowest BCUT2D eigenvalue weighted by atomic mass is 9.90. The zero-order valence-electron chi connectivity index (χ0n) is 25.6. The number of nitrogens with zero attached hydrogens (tertiary/aromatic N) is 1. The first-order valence-corrected chi connectivity index (χ1v) is 15.9. The minimum absolute atomic E-state index is 0.0889. The number of carbonyl (C=O) groups is 2. The molecule has 4 rings (SSSR count). The number of carboxylic acid groups (broad SMARTS) is 1. The lowest BCUT2D eigenvalue weighted by molar-refractivity contribution is -0.135. The van der Waals surface area contributed by atoms with Crippen LogP contribution in [0.15, 0.2) is 72.1 Å². The van der Waals surface area contributed by atoms with Gasteiger partial charge >= 0.3 is 5.97 Å². The third-order valence-electron chi connectivity index (χ3n) is 7.33. The lowest BCUT2D eigenvalue weighted by Crippen LogP contribution is -2.32. The monoisotopic (exact) mass is 615 g/mol. The van der Waals surface area contributed by atoms with Gasteiger partial charge < -0.3 is 19.9 Å². The Morgan fingerprint density at radius 2 is 1.70 bits per heavy atom. The van der Waals surface area contributed by atoms with Crippen molar-refractivity contribution in [3.63, 3.8) is 0 Å². The van der Waals surface area contributed by atoms with Gasteiger partial charge in [-0.3, -0.25) is 14.9 Å². The number of aromatic nitrogens is 1. The van der Waals surface area contributed by atoms with Crippen molar-refractivity contribution in [3.8, 4) is 22.8 Å². The summed E-state index contributed by atoms with van der Waals surface area (Å²) in [6.07, 6.45) is 5.36. The van der Waals surface area contributed by atoms with Gasteiger partial charge in [-0.25, -0.2) is 4.98 Å². The van der Waals surface area contributed by atoms with Gasteiger partial charge in [0, 0.05) is 23.1 Å². The Morgan fingerprint density at radius 3 is 2.41 bits per heavy atom. The van der Waals surface area contributed by atoms with Gasteiger partial charge in [-0.2, -0.15) is 0 Å². The predicted octanol–water partition coefficient (Wildman–Crippen LogP) is 7.29. The van der Waals surface area contributed by atoms with Crippen molar-refractivity contribution in [2.24, 2.45) is 0 Å². The molecule has 1 amide bonds. The zero-order chi connectivity index (χ0) is 31.3. The molecule has 0 aliphatic carbocycles. The molecular formula is C35H41N3O5S. The molecule has 1 heterocycles. The molecule has 0 radical (unpaired) electrons. The normalized spacial score (nSPS) is 11.0. The van der Waals surface area contributed by atoms with Crippen LogP contribution in [0.5, 0.6) is 11.5 Å². The number of ether oxygens (including phenoxy) is 2. The molecule has 1 aromatic heterocycles. The number of aliphatic carboxylic acids is 1. The maximum atomic E-state index is 12.3. The summed E-state index contributed by atoms with van der Waals surface area (Å²) in [5, 5.41) is 17.1. The average Bonchev–Trinajstić information content (AvgIpc) is 3.49. The largest absolute Gasteiger partial charge is 0.493 e. The second kappa shape index (κ2) is 16.6. The number of amides is 1. The molecule has 0 saturated carbocycles. The van der Waals surface area contributed by atoms with Crippen molar-refractivity contribution in [2.45, 2.75) is 58.5 Å². The molecule has 232 valence electrons. The molecule has 44 heavy (non-hydrogen) atoms. The van der Waals surface area contributed by atoms with Crippen LogP contribution < -0.4 is 20.1 Å². The molecule has 0 aliphatic heterocycles. The van der Waals surface area contributed by atoms with E-state index in [0.717, 1.165) is 27.4 Å². The number of rotatable bonds is 17. The van der Waals surface area contributed by atoms with Gasteiger partial charge in [-0.05, 0) is 59.7 Å². The van der Waals surface area contributed by atoms with E-state index in [9.17, 15) is 9.59 Å². The molecule has 0 saturated heterocycles. The van der Waals surface area contributed by atoms with Crippen LogP contribution in [-0.2, 0) is 22.6 Å². The quantitative estimate of drug-likeness (QED) is 0.114. The van der Waals surface area contributed by atoms with E-state index in [-0.39, 0.29) is 19.0 Å². The maximum absolute atomic E-state index is 12.3. The molecule has 0 aliphatic rings. The van der Waals surface area contributed by atoms with Crippen LogP contribution in [-0.4, -0.2) is 42.2 Å². The van der Waals surface area contributed by atoms with Gasteiger partial charge in [0.25, 0.3) is 0 Å². The van der Waals surface area contributed by atoms with Crippen LogP contribution in [0, 0.1) is 0 Å². The van der Waals surface area contributed by atoms with Crippen molar-refractivity contribution in [1.82, 2.24) is 10.3 Å². The minimum atomic E-state index is -1.01. The molecule has 9 heteroatoms.